The van der Waals surface area contributed by atoms with E-state index in [4.69, 9.17) is 0 Å². The number of anilines is 2. The summed E-state index contributed by atoms with van der Waals surface area (Å²) in [7, 11) is -3.89. The third kappa shape index (κ3) is 3.91. The van der Waals surface area contributed by atoms with Gasteiger partial charge in [0, 0.05) is 18.3 Å². The number of hydrogen-bond donors (Lipinski definition) is 2. The summed E-state index contributed by atoms with van der Waals surface area (Å²) in [5, 5.41) is 3.04. The predicted octanol–water partition coefficient (Wildman–Crippen LogP) is 3.20. The maximum absolute atomic E-state index is 13.1. The third-order valence-electron chi connectivity index (χ3n) is 2.66. The summed E-state index contributed by atoms with van der Waals surface area (Å²) in [6.45, 7) is 2.64. The summed E-state index contributed by atoms with van der Waals surface area (Å²) in [5.74, 6) is -1.70. The van der Waals surface area contributed by atoms with Crippen molar-refractivity contribution in [1.82, 2.24) is 0 Å². The molecule has 0 unspecified atom stereocenters. The Hall–Kier alpha value is -2.15. The Morgan fingerprint density at radius 3 is 2.05 bits per heavy atom. The topological polar surface area (TPSA) is 58.2 Å². The third-order valence-corrected chi connectivity index (χ3v) is 4.06. The number of rotatable bonds is 5. The summed E-state index contributed by atoms with van der Waals surface area (Å²) in [6, 6.07) is 8.55. The van der Waals surface area contributed by atoms with Crippen LogP contribution in [-0.4, -0.2) is 15.0 Å². The largest absolute Gasteiger partial charge is 0.385 e. The van der Waals surface area contributed by atoms with Gasteiger partial charge in [-0.05, 0) is 43.3 Å². The molecule has 0 fully saturated rings. The number of hydrogen-bond acceptors (Lipinski definition) is 3. The molecule has 0 amide bonds. The Morgan fingerprint density at radius 2 is 1.52 bits per heavy atom. The molecule has 0 spiro atoms. The predicted molar refractivity (Wildman–Crippen MR) is 77.8 cm³/mol. The number of nitrogens with one attached hydrogen (secondary N) is 2. The summed E-state index contributed by atoms with van der Waals surface area (Å²) in [4.78, 5) is 0.00817. The van der Waals surface area contributed by atoms with E-state index in [-0.39, 0.29) is 10.6 Å². The van der Waals surface area contributed by atoms with E-state index in [9.17, 15) is 17.2 Å². The molecule has 7 heteroatoms. The summed E-state index contributed by atoms with van der Waals surface area (Å²) in [6.07, 6.45) is 0. The molecule has 2 aromatic rings. The van der Waals surface area contributed by atoms with Crippen molar-refractivity contribution in [3.05, 3.63) is 54.1 Å². The van der Waals surface area contributed by atoms with E-state index in [1.807, 2.05) is 6.92 Å². The number of sulfonamides is 1. The lowest BCUT2D eigenvalue weighted by atomic mass is 10.3. The lowest BCUT2D eigenvalue weighted by molar-refractivity contribution is 0.584. The van der Waals surface area contributed by atoms with Crippen LogP contribution in [0.2, 0.25) is 0 Å². The van der Waals surface area contributed by atoms with Crippen LogP contribution in [0.5, 0.6) is 0 Å². The molecule has 0 aliphatic rings. The van der Waals surface area contributed by atoms with Crippen molar-refractivity contribution >= 4 is 21.4 Å². The van der Waals surface area contributed by atoms with Crippen LogP contribution in [0.4, 0.5) is 20.2 Å². The van der Waals surface area contributed by atoms with Crippen LogP contribution in [0.1, 0.15) is 6.92 Å². The summed E-state index contributed by atoms with van der Waals surface area (Å²) < 4.78 is 52.5. The average molecular weight is 312 g/mol. The second kappa shape index (κ2) is 6.09. The van der Waals surface area contributed by atoms with Gasteiger partial charge in [-0.1, -0.05) is 0 Å². The molecule has 0 aliphatic carbocycles. The van der Waals surface area contributed by atoms with Crippen molar-refractivity contribution in [3.63, 3.8) is 0 Å². The van der Waals surface area contributed by atoms with E-state index in [2.05, 4.69) is 10.0 Å². The van der Waals surface area contributed by atoms with Crippen LogP contribution in [0, 0.1) is 11.6 Å². The highest BCUT2D eigenvalue weighted by Gasteiger charge is 2.15. The van der Waals surface area contributed by atoms with Crippen molar-refractivity contribution in [3.8, 4) is 0 Å². The average Bonchev–Trinajstić information content (AvgIpc) is 2.38. The highest BCUT2D eigenvalue weighted by molar-refractivity contribution is 7.92. The highest BCUT2D eigenvalue weighted by Crippen LogP contribution is 2.19. The van der Waals surface area contributed by atoms with E-state index in [1.54, 1.807) is 12.1 Å². The quantitative estimate of drug-likeness (QED) is 0.891. The van der Waals surface area contributed by atoms with E-state index in [1.165, 1.54) is 12.1 Å². The Morgan fingerprint density at radius 1 is 0.952 bits per heavy atom. The van der Waals surface area contributed by atoms with Gasteiger partial charge in [0.2, 0.25) is 0 Å². The van der Waals surface area contributed by atoms with Crippen LogP contribution in [0.3, 0.4) is 0 Å². The van der Waals surface area contributed by atoms with Gasteiger partial charge in [0.25, 0.3) is 10.0 Å². The monoisotopic (exact) mass is 312 g/mol. The van der Waals surface area contributed by atoms with Crippen molar-refractivity contribution in [2.45, 2.75) is 11.8 Å². The first-order valence-corrected chi connectivity index (χ1v) is 7.72. The Balaban J connectivity index is 2.25. The summed E-state index contributed by atoms with van der Waals surface area (Å²) in [5.41, 5.74) is 0.622. The van der Waals surface area contributed by atoms with E-state index < -0.39 is 21.7 Å². The van der Waals surface area contributed by atoms with E-state index in [0.29, 0.717) is 12.6 Å². The van der Waals surface area contributed by atoms with E-state index >= 15 is 0 Å². The molecule has 2 rings (SSSR count). The van der Waals surface area contributed by atoms with Crippen LogP contribution < -0.4 is 10.0 Å². The highest BCUT2D eigenvalue weighted by atomic mass is 32.2. The van der Waals surface area contributed by atoms with Gasteiger partial charge in [-0.15, -0.1) is 0 Å². The first-order valence-electron chi connectivity index (χ1n) is 6.23. The van der Waals surface area contributed by atoms with Crippen LogP contribution in [0.15, 0.2) is 47.4 Å². The standard InChI is InChI=1S/C14H14F2N2O2S/c1-2-17-12-3-5-14(6-4-12)21(19,20)18-13-8-10(15)7-11(16)9-13/h3-9,17-18H,2H2,1H3. The fourth-order valence-electron chi connectivity index (χ4n) is 1.78. The molecule has 21 heavy (non-hydrogen) atoms. The fourth-order valence-corrected chi connectivity index (χ4v) is 2.82. The Bertz CT molecular complexity index is 711. The second-order valence-corrected chi connectivity index (χ2v) is 6.00. The summed E-state index contributed by atoms with van der Waals surface area (Å²) >= 11 is 0. The number of halogens is 2. The molecule has 0 bridgehead atoms. The maximum atomic E-state index is 13.1. The van der Waals surface area contributed by atoms with Crippen LogP contribution in [0.25, 0.3) is 0 Å². The molecule has 112 valence electrons. The molecule has 0 saturated heterocycles. The second-order valence-electron chi connectivity index (χ2n) is 4.32. The molecule has 2 N–H and O–H groups in total. The zero-order chi connectivity index (χ0) is 15.5. The van der Waals surface area contributed by atoms with Crippen molar-refractivity contribution in [2.24, 2.45) is 0 Å². The first kappa shape index (κ1) is 15.2. The minimum Gasteiger partial charge on any atom is -0.385 e. The van der Waals surface area contributed by atoms with Gasteiger partial charge in [0.15, 0.2) is 0 Å². The molecular weight excluding hydrogens is 298 g/mol. The molecule has 2 aromatic carbocycles. The zero-order valence-electron chi connectivity index (χ0n) is 11.2. The van der Waals surface area contributed by atoms with Gasteiger partial charge in [-0.2, -0.15) is 0 Å². The fraction of sp³-hybridized carbons (Fsp3) is 0.143. The molecule has 0 saturated carbocycles. The van der Waals surface area contributed by atoms with E-state index in [0.717, 1.165) is 17.8 Å². The zero-order valence-corrected chi connectivity index (χ0v) is 12.0. The van der Waals surface area contributed by atoms with Gasteiger partial charge in [0.1, 0.15) is 11.6 Å². The minimum absolute atomic E-state index is 0.00817. The first-order chi connectivity index (χ1) is 9.90. The van der Waals surface area contributed by atoms with Gasteiger partial charge in [0.05, 0.1) is 10.6 Å². The lowest BCUT2D eigenvalue weighted by Crippen LogP contribution is -2.13. The lowest BCUT2D eigenvalue weighted by Gasteiger charge is -2.09. The SMILES string of the molecule is CCNc1ccc(S(=O)(=O)Nc2cc(F)cc(F)c2)cc1. The number of benzene rings is 2. The minimum atomic E-state index is -3.89. The molecule has 0 aromatic heterocycles. The molecular formula is C14H14F2N2O2S. The Kier molecular flexibility index (Phi) is 4.42. The van der Waals surface area contributed by atoms with Gasteiger partial charge in [-0.3, -0.25) is 4.72 Å². The van der Waals surface area contributed by atoms with Crippen molar-refractivity contribution in [1.29, 1.82) is 0 Å². The normalized spacial score (nSPS) is 11.2. The molecule has 0 atom stereocenters. The molecule has 4 nitrogen and oxygen atoms in total. The van der Waals surface area contributed by atoms with Crippen molar-refractivity contribution < 1.29 is 17.2 Å². The van der Waals surface area contributed by atoms with Crippen LogP contribution in [-0.2, 0) is 10.0 Å². The smallest absolute Gasteiger partial charge is 0.261 e. The Labute approximate surface area is 121 Å². The molecule has 0 aliphatic heterocycles. The molecule has 0 heterocycles. The molecule has 0 radical (unpaired) electrons. The van der Waals surface area contributed by atoms with Crippen molar-refractivity contribution in [2.75, 3.05) is 16.6 Å². The van der Waals surface area contributed by atoms with Gasteiger partial charge >= 0.3 is 0 Å². The van der Waals surface area contributed by atoms with Gasteiger partial charge in [-0.25, -0.2) is 17.2 Å². The van der Waals surface area contributed by atoms with Crippen LogP contribution >= 0.6 is 0 Å². The van der Waals surface area contributed by atoms with Gasteiger partial charge < -0.3 is 5.32 Å². The maximum Gasteiger partial charge on any atom is 0.261 e.